The Morgan fingerprint density at radius 2 is 1.78 bits per heavy atom. The van der Waals surface area contributed by atoms with Gasteiger partial charge < -0.3 is 20.1 Å². The highest BCUT2D eigenvalue weighted by atomic mass is 19.4. The standard InChI is InChI=1S/C23H23F3N2O4/c1-31-19-9-8-16(10-20(19)32-12-21(29)27-15-6-7-15)28-22(30)18-11-17(18)13-2-4-14(5-3-13)23(24,25)26/h2-5,8-10,15,17-18H,6-7,11-12H2,1H3,(H,27,29)(H,28,30). The van der Waals surface area contributed by atoms with Crippen molar-refractivity contribution in [3.8, 4) is 11.5 Å². The van der Waals surface area contributed by atoms with Crippen LogP contribution in [0.2, 0.25) is 0 Å². The quantitative estimate of drug-likeness (QED) is 0.637. The maximum absolute atomic E-state index is 12.7. The smallest absolute Gasteiger partial charge is 0.416 e. The van der Waals surface area contributed by atoms with Crippen molar-refractivity contribution < 1.29 is 32.2 Å². The van der Waals surface area contributed by atoms with Crippen molar-refractivity contribution in [1.82, 2.24) is 5.32 Å². The molecule has 2 atom stereocenters. The molecule has 2 aromatic carbocycles. The Labute approximate surface area is 183 Å². The van der Waals surface area contributed by atoms with E-state index in [1.54, 1.807) is 18.2 Å². The zero-order chi connectivity index (χ0) is 22.9. The number of amides is 2. The third-order valence-corrected chi connectivity index (χ3v) is 5.53. The van der Waals surface area contributed by atoms with Gasteiger partial charge in [0.1, 0.15) is 0 Å². The first kappa shape index (κ1) is 22.0. The highest BCUT2D eigenvalue weighted by molar-refractivity contribution is 5.95. The second-order valence-electron chi connectivity index (χ2n) is 8.05. The van der Waals surface area contributed by atoms with E-state index in [1.807, 2.05) is 0 Å². The number of nitrogens with one attached hydrogen (secondary N) is 2. The van der Waals surface area contributed by atoms with Crippen LogP contribution in [-0.2, 0) is 15.8 Å². The van der Waals surface area contributed by atoms with Crippen LogP contribution in [0.25, 0.3) is 0 Å². The van der Waals surface area contributed by atoms with Crippen LogP contribution < -0.4 is 20.1 Å². The molecule has 170 valence electrons. The van der Waals surface area contributed by atoms with Crippen molar-refractivity contribution in [3.05, 3.63) is 53.6 Å². The van der Waals surface area contributed by atoms with Gasteiger partial charge in [-0.05, 0) is 55.0 Å². The number of hydrogen-bond acceptors (Lipinski definition) is 4. The van der Waals surface area contributed by atoms with E-state index in [4.69, 9.17) is 9.47 Å². The lowest BCUT2D eigenvalue weighted by Gasteiger charge is -2.13. The van der Waals surface area contributed by atoms with Crippen LogP contribution >= 0.6 is 0 Å². The zero-order valence-electron chi connectivity index (χ0n) is 17.4. The maximum Gasteiger partial charge on any atom is 0.416 e. The molecule has 2 saturated carbocycles. The minimum atomic E-state index is -4.38. The van der Waals surface area contributed by atoms with Crippen LogP contribution in [0, 0.1) is 5.92 Å². The van der Waals surface area contributed by atoms with Crippen molar-refractivity contribution in [2.75, 3.05) is 19.0 Å². The lowest BCUT2D eigenvalue weighted by molar-refractivity contribution is -0.137. The molecule has 0 bridgehead atoms. The molecule has 6 nitrogen and oxygen atoms in total. The summed E-state index contributed by atoms with van der Waals surface area (Å²) in [7, 11) is 1.48. The second-order valence-corrected chi connectivity index (χ2v) is 8.05. The molecule has 2 aromatic rings. The summed E-state index contributed by atoms with van der Waals surface area (Å²) in [5, 5.41) is 5.63. The maximum atomic E-state index is 12.7. The lowest BCUT2D eigenvalue weighted by atomic mass is 10.1. The summed E-state index contributed by atoms with van der Waals surface area (Å²) in [6, 6.07) is 10.0. The van der Waals surface area contributed by atoms with E-state index in [1.165, 1.54) is 19.2 Å². The van der Waals surface area contributed by atoms with Crippen molar-refractivity contribution in [3.63, 3.8) is 0 Å². The number of alkyl halides is 3. The fraction of sp³-hybridized carbons (Fsp3) is 0.391. The number of methoxy groups -OCH3 is 1. The molecule has 2 aliphatic rings. The molecule has 2 aliphatic carbocycles. The average molecular weight is 448 g/mol. The van der Waals surface area contributed by atoms with Gasteiger partial charge in [-0.3, -0.25) is 9.59 Å². The Bertz CT molecular complexity index is 1000. The molecule has 4 rings (SSSR count). The van der Waals surface area contributed by atoms with Gasteiger partial charge in [-0.1, -0.05) is 12.1 Å². The summed E-state index contributed by atoms with van der Waals surface area (Å²) in [6.07, 6.45) is -1.86. The largest absolute Gasteiger partial charge is 0.493 e. The minimum absolute atomic E-state index is 0.114. The van der Waals surface area contributed by atoms with Crippen LogP contribution in [0.15, 0.2) is 42.5 Å². The van der Waals surface area contributed by atoms with E-state index in [-0.39, 0.29) is 36.3 Å². The molecule has 2 amide bonds. The van der Waals surface area contributed by atoms with Crippen molar-refractivity contribution >= 4 is 17.5 Å². The highest BCUT2D eigenvalue weighted by Gasteiger charge is 2.44. The number of ether oxygens (including phenoxy) is 2. The summed E-state index contributed by atoms with van der Waals surface area (Å²) in [4.78, 5) is 24.5. The summed E-state index contributed by atoms with van der Waals surface area (Å²) in [5.41, 5.74) is 0.476. The molecule has 0 spiro atoms. The topological polar surface area (TPSA) is 76.7 Å². The van der Waals surface area contributed by atoms with Crippen LogP contribution in [0.3, 0.4) is 0 Å². The van der Waals surface area contributed by atoms with E-state index in [0.29, 0.717) is 29.2 Å². The molecular formula is C23H23F3N2O4. The minimum Gasteiger partial charge on any atom is -0.493 e. The Kier molecular flexibility index (Phi) is 5.99. The molecule has 0 radical (unpaired) electrons. The van der Waals surface area contributed by atoms with Gasteiger partial charge in [-0.25, -0.2) is 0 Å². The van der Waals surface area contributed by atoms with Crippen LogP contribution in [0.5, 0.6) is 11.5 Å². The summed E-state index contributed by atoms with van der Waals surface area (Å²) < 4.78 is 49.0. The Hall–Kier alpha value is -3.23. The van der Waals surface area contributed by atoms with Crippen LogP contribution in [0.4, 0.5) is 18.9 Å². The summed E-state index contributed by atoms with van der Waals surface area (Å²) >= 11 is 0. The third-order valence-electron chi connectivity index (χ3n) is 5.53. The third kappa shape index (κ3) is 5.33. The van der Waals surface area contributed by atoms with E-state index >= 15 is 0 Å². The molecule has 0 aliphatic heterocycles. The monoisotopic (exact) mass is 448 g/mol. The summed E-state index contributed by atoms with van der Waals surface area (Å²) in [5.74, 6) is -0.124. The average Bonchev–Trinajstić information content (AvgIpc) is 3.67. The molecule has 32 heavy (non-hydrogen) atoms. The first-order valence-electron chi connectivity index (χ1n) is 10.3. The molecule has 2 N–H and O–H groups in total. The first-order valence-corrected chi connectivity index (χ1v) is 10.3. The zero-order valence-corrected chi connectivity index (χ0v) is 17.4. The van der Waals surface area contributed by atoms with Gasteiger partial charge in [-0.2, -0.15) is 13.2 Å². The SMILES string of the molecule is COc1ccc(NC(=O)C2CC2c2ccc(C(F)(F)F)cc2)cc1OCC(=O)NC1CC1. The normalized spacial score (nSPS) is 19.8. The molecule has 0 aromatic heterocycles. The predicted octanol–water partition coefficient (Wildman–Crippen LogP) is 4.11. The van der Waals surface area contributed by atoms with Gasteiger partial charge in [-0.15, -0.1) is 0 Å². The number of halogens is 3. The number of carbonyl (C=O) groups excluding carboxylic acids is 2. The Morgan fingerprint density at radius 3 is 2.41 bits per heavy atom. The molecule has 0 saturated heterocycles. The predicted molar refractivity (Wildman–Crippen MR) is 111 cm³/mol. The van der Waals surface area contributed by atoms with Gasteiger partial charge in [0.2, 0.25) is 5.91 Å². The fourth-order valence-corrected chi connectivity index (χ4v) is 3.51. The number of hydrogen-bond donors (Lipinski definition) is 2. The van der Waals surface area contributed by atoms with Gasteiger partial charge >= 0.3 is 6.18 Å². The number of carbonyl (C=O) groups is 2. The van der Waals surface area contributed by atoms with E-state index in [0.717, 1.165) is 25.0 Å². The van der Waals surface area contributed by atoms with Crippen molar-refractivity contribution in [2.24, 2.45) is 5.92 Å². The second kappa shape index (κ2) is 8.72. The van der Waals surface area contributed by atoms with Gasteiger partial charge in [0.15, 0.2) is 18.1 Å². The Morgan fingerprint density at radius 1 is 1.06 bits per heavy atom. The summed E-state index contributed by atoms with van der Waals surface area (Å²) in [6.45, 7) is -0.164. The van der Waals surface area contributed by atoms with Crippen molar-refractivity contribution in [1.29, 1.82) is 0 Å². The van der Waals surface area contributed by atoms with E-state index in [2.05, 4.69) is 10.6 Å². The molecule has 9 heteroatoms. The van der Waals surface area contributed by atoms with Crippen molar-refractivity contribution in [2.45, 2.75) is 37.4 Å². The molecule has 0 heterocycles. The number of rotatable bonds is 8. The number of anilines is 1. The van der Waals surface area contributed by atoms with Gasteiger partial charge in [0.05, 0.1) is 12.7 Å². The van der Waals surface area contributed by atoms with Crippen LogP contribution in [-0.4, -0.2) is 31.6 Å². The Balaban J connectivity index is 1.35. The molecule has 2 unspecified atom stereocenters. The number of benzene rings is 2. The van der Waals surface area contributed by atoms with E-state index < -0.39 is 11.7 Å². The lowest BCUT2D eigenvalue weighted by Crippen LogP contribution is -2.30. The molecular weight excluding hydrogens is 425 g/mol. The first-order chi connectivity index (χ1) is 15.2. The van der Waals surface area contributed by atoms with E-state index in [9.17, 15) is 22.8 Å². The molecule has 2 fully saturated rings. The van der Waals surface area contributed by atoms with Gasteiger partial charge in [0.25, 0.3) is 5.91 Å². The van der Waals surface area contributed by atoms with Crippen LogP contribution in [0.1, 0.15) is 36.3 Å². The van der Waals surface area contributed by atoms with Gasteiger partial charge in [0, 0.05) is 23.7 Å². The highest BCUT2D eigenvalue weighted by Crippen LogP contribution is 2.48. The fourth-order valence-electron chi connectivity index (χ4n) is 3.51.